The third-order valence-corrected chi connectivity index (χ3v) is 7.10. The number of nitrogens with two attached hydrogens (primary N) is 1. The van der Waals surface area contributed by atoms with Gasteiger partial charge >= 0.3 is 5.97 Å². The van der Waals surface area contributed by atoms with Crippen LogP contribution < -0.4 is 20.9 Å². The highest BCUT2D eigenvalue weighted by Crippen LogP contribution is 2.51. The highest BCUT2D eigenvalue weighted by molar-refractivity contribution is 6.03. The lowest BCUT2D eigenvalue weighted by Crippen LogP contribution is -2.36. The van der Waals surface area contributed by atoms with Gasteiger partial charge in [-0.2, -0.15) is 0 Å². The van der Waals surface area contributed by atoms with Gasteiger partial charge in [-0.25, -0.2) is 4.79 Å². The summed E-state index contributed by atoms with van der Waals surface area (Å²) in [5, 5.41) is 21.7. The number of aromatic carboxylic acids is 1. The zero-order valence-corrected chi connectivity index (χ0v) is 17.4. The molecule has 2 aromatic rings. The molecule has 164 valence electrons. The Morgan fingerprint density at radius 2 is 2.13 bits per heavy atom. The SMILES string of the molecule is Cc1c(N2CC[C@@H](C3(N)CC3)C2)c2c3c(cc(C(=O)O)c(=O)n3[C@@H](C)CO2)c1[N+](=O)[O-]. The molecule has 1 aromatic heterocycles. The normalized spacial score (nSPS) is 23.6. The molecule has 10 heteroatoms. The highest BCUT2D eigenvalue weighted by Gasteiger charge is 2.49. The summed E-state index contributed by atoms with van der Waals surface area (Å²) < 4.78 is 7.40. The molecule has 2 atom stereocenters. The summed E-state index contributed by atoms with van der Waals surface area (Å²) in [5.74, 6) is -0.701. The lowest BCUT2D eigenvalue weighted by Gasteiger charge is -2.32. The van der Waals surface area contributed by atoms with E-state index in [2.05, 4.69) is 4.90 Å². The number of hydrogen-bond acceptors (Lipinski definition) is 7. The van der Waals surface area contributed by atoms with Gasteiger partial charge in [0.15, 0.2) is 5.75 Å². The zero-order valence-electron chi connectivity index (χ0n) is 17.4. The van der Waals surface area contributed by atoms with Gasteiger partial charge in [-0.05, 0) is 45.1 Å². The number of carbonyl (C=O) groups is 1. The lowest BCUT2D eigenvalue weighted by molar-refractivity contribution is -0.383. The number of aromatic nitrogens is 1. The van der Waals surface area contributed by atoms with Gasteiger partial charge in [0, 0.05) is 18.6 Å². The van der Waals surface area contributed by atoms with Gasteiger partial charge in [-0.3, -0.25) is 19.5 Å². The number of carboxylic acid groups (broad SMARTS) is 1. The number of anilines is 1. The fraction of sp³-hybridized carbons (Fsp3) is 0.524. The monoisotopic (exact) mass is 428 g/mol. The molecule has 3 N–H and O–H groups in total. The van der Waals surface area contributed by atoms with Crippen LogP contribution >= 0.6 is 0 Å². The minimum absolute atomic E-state index is 0.109. The third kappa shape index (κ3) is 2.74. The topological polar surface area (TPSA) is 141 Å². The highest BCUT2D eigenvalue weighted by atomic mass is 16.6. The average molecular weight is 428 g/mol. The predicted molar refractivity (Wildman–Crippen MR) is 113 cm³/mol. The number of nitrogens with zero attached hydrogens (tertiary/aromatic N) is 3. The Balaban J connectivity index is 1.82. The molecule has 0 amide bonds. The molecule has 0 bridgehead atoms. The molecule has 1 aliphatic carbocycles. The van der Waals surface area contributed by atoms with Gasteiger partial charge in [-0.1, -0.05) is 0 Å². The maximum absolute atomic E-state index is 13.0. The second kappa shape index (κ2) is 6.43. The zero-order chi connectivity index (χ0) is 22.2. The van der Waals surface area contributed by atoms with E-state index in [1.54, 1.807) is 13.8 Å². The van der Waals surface area contributed by atoms with Crippen molar-refractivity contribution in [3.63, 3.8) is 0 Å². The molecule has 2 fully saturated rings. The molecule has 0 radical (unpaired) electrons. The number of ether oxygens (including phenoxy) is 1. The first-order valence-electron chi connectivity index (χ1n) is 10.4. The van der Waals surface area contributed by atoms with Crippen molar-refractivity contribution in [2.24, 2.45) is 11.7 Å². The first-order chi connectivity index (χ1) is 14.6. The Kier molecular flexibility index (Phi) is 4.11. The molecule has 31 heavy (non-hydrogen) atoms. The van der Waals surface area contributed by atoms with Gasteiger partial charge in [0.2, 0.25) is 0 Å². The summed E-state index contributed by atoms with van der Waals surface area (Å²) in [6.45, 7) is 4.93. The molecule has 3 heterocycles. The molecular weight excluding hydrogens is 404 g/mol. The summed E-state index contributed by atoms with van der Waals surface area (Å²) in [6, 6.07) is 0.657. The maximum Gasteiger partial charge on any atom is 0.341 e. The largest absolute Gasteiger partial charge is 0.487 e. The summed E-state index contributed by atoms with van der Waals surface area (Å²) in [6.07, 6.45) is 2.86. The van der Waals surface area contributed by atoms with E-state index in [9.17, 15) is 24.8 Å². The first-order valence-corrected chi connectivity index (χ1v) is 10.4. The van der Waals surface area contributed by atoms with Crippen LogP contribution in [-0.2, 0) is 0 Å². The summed E-state index contributed by atoms with van der Waals surface area (Å²) in [4.78, 5) is 38.3. The van der Waals surface area contributed by atoms with Crippen molar-refractivity contribution >= 4 is 28.2 Å². The Hall–Kier alpha value is -3.14. The Morgan fingerprint density at radius 3 is 2.74 bits per heavy atom. The second-order valence-electron chi connectivity index (χ2n) is 9.03. The van der Waals surface area contributed by atoms with E-state index >= 15 is 0 Å². The average Bonchev–Trinajstić information content (AvgIpc) is 3.25. The van der Waals surface area contributed by atoms with Crippen LogP contribution in [0.3, 0.4) is 0 Å². The van der Waals surface area contributed by atoms with Crippen LogP contribution in [0.1, 0.15) is 48.1 Å². The van der Waals surface area contributed by atoms with Crippen molar-refractivity contribution in [1.29, 1.82) is 0 Å². The first kappa shape index (κ1) is 19.8. The molecule has 0 unspecified atom stereocenters. The molecule has 2 aliphatic heterocycles. The molecule has 3 aliphatic rings. The quantitative estimate of drug-likeness (QED) is 0.558. The number of nitro groups is 1. The number of carboxylic acids is 1. The lowest BCUT2D eigenvalue weighted by atomic mass is 9.97. The van der Waals surface area contributed by atoms with Crippen LogP contribution in [0.25, 0.3) is 10.9 Å². The van der Waals surface area contributed by atoms with E-state index in [1.807, 2.05) is 0 Å². The molecule has 1 saturated carbocycles. The van der Waals surface area contributed by atoms with Gasteiger partial charge in [0.1, 0.15) is 17.7 Å². The van der Waals surface area contributed by atoms with Crippen LogP contribution in [0, 0.1) is 23.0 Å². The summed E-state index contributed by atoms with van der Waals surface area (Å²) in [5.41, 5.74) is 6.21. The van der Waals surface area contributed by atoms with Crippen molar-refractivity contribution in [2.45, 2.75) is 44.7 Å². The number of pyridine rings is 1. The minimum atomic E-state index is -1.41. The maximum atomic E-state index is 13.0. The fourth-order valence-corrected chi connectivity index (χ4v) is 5.23. The standard InChI is InChI=1S/C21H24N4O6/c1-10-9-31-18-16(23-6-3-12(8-23)21(22)4-5-21)11(2)15(25(29)30)13-7-14(20(27)28)19(26)24(10)17(13)18/h7,10,12H,3-6,8-9,22H2,1-2H3,(H,27,28)/t10-,12+/m0/s1. The van der Waals surface area contributed by atoms with Crippen LogP contribution in [0.15, 0.2) is 10.9 Å². The van der Waals surface area contributed by atoms with E-state index in [4.69, 9.17) is 10.5 Å². The molecule has 1 aromatic carbocycles. The molecule has 5 rings (SSSR count). The minimum Gasteiger partial charge on any atom is -0.487 e. The number of benzene rings is 1. The predicted octanol–water partition coefficient (Wildman–Crippen LogP) is 2.19. The Labute approximate surface area is 177 Å². The van der Waals surface area contributed by atoms with E-state index in [-0.39, 0.29) is 23.2 Å². The summed E-state index contributed by atoms with van der Waals surface area (Å²) >= 11 is 0. The second-order valence-corrected chi connectivity index (χ2v) is 9.03. The van der Waals surface area contributed by atoms with E-state index < -0.39 is 28.1 Å². The van der Waals surface area contributed by atoms with Crippen LogP contribution in [0.4, 0.5) is 11.4 Å². The third-order valence-electron chi connectivity index (χ3n) is 7.10. The van der Waals surface area contributed by atoms with Gasteiger partial charge in [0.05, 0.1) is 27.6 Å². The number of nitro benzene ring substituents is 1. The molecular formula is C21H24N4O6. The van der Waals surface area contributed by atoms with E-state index in [0.29, 0.717) is 41.5 Å². The summed E-state index contributed by atoms with van der Waals surface area (Å²) in [7, 11) is 0. The van der Waals surface area contributed by atoms with Crippen molar-refractivity contribution in [3.05, 3.63) is 37.7 Å². The molecule has 10 nitrogen and oxygen atoms in total. The van der Waals surface area contributed by atoms with Crippen LogP contribution in [0.2, 0.25) is 0 Å². The van der Waals surface area contributed by atoms with Gasteiger partial charge in [-0.15, -0.1) is 0 Å². The van der Waals surface area contributed by atoms with Crippen molar-refractivity contribution < 1.29 is 19.6 Å². The van der Waals surface area contributed by atoms with Crippen molar-refractivity contribution in [2.75, 3.05) is 24.6 Å². The van der Waals surface area contributed by atoms with E-state index in [0.717, 1.165) is 25.3 Å². The molecule has 0 spiro atoms. The Bertz CT molecular complexity index is 1220. The Morgan fingerprint density at radius 1 is 1.42 bits per heavy atom. The van der Waals surface area contributed by atoms with Crippen LogP contribution in [0.5, 0.6) is 5.75 Å². The van der Waals surface area contributed by atoms with Crippen molar-refractivity contribution in [1.82, 2.24) is 4.57 Å². The number of hydrogen-bond donors (Lipinski definition) is 2. The van der Waals surface area contributed by atoms with Crippen LogP contribution in [-0.4, -0.2) is 45.8 Å². The number of rotatable bonds is 4. The van der Waals surface area contributed by atoms with Crippen molar-refractivity contribution in [3.8, 4) is 5.75 Å². The fourth-order valence-electron chi connectivity index (χ4n) is 5.23. The van der Waals surface area contributed by atoms with Gasteiger partial charge < -0.3 is 20.5 Å². The van der Waals surface area contributed by atoms with E-state index in [1.165, 1.54) is 4.57 Å². The smallest absolute Gasteiger partial charge is 0.341 e. The molecule has 1 saturated heterocycles. The van der Waals surface area contributed by atoms with Gasteiger partial charge in [0.25, 0.3) is 11.2 Å².